The van der Waals surface area contributed by atoms with Crippen molar-refractivity contribution < 1.29 is 0 Å². The van der Waals surface area contributed by atoms with Gasteiger partial charge in [-0.1, -0.05) is 146 Å². The van der Waals surface area contributed by atoms with Gasteiger partial charge in [0.05, 0.1) is 11.0 Å². The minimum Gasteiger partial charge on any atom is -0.309 e. The summed E-state index contributed by atoms with van der Waals surface area (Å²) in [6.07, 6.45) is 0. The van der Waals surface area contributed by atoms with E-state index in [9.17, 15) is 0 Å². The topological polar surface area (TPSA) is 43.6 Å². The molecule has 0 aliphatic rings. The molecule has 0 bridgehead atoms. The van der Waals surface area contributed by atoms with Crippen LogP contribution in [0, 0.1) is 0 Å². The number of nitrogens with zero attached hydrogens (tertiary/aromatic N) is 4. The van der Waals surface area contributed by atoms with E-state index in [4.69, 9.17) is 15.0 Å². The highest BCUT2D eigenvalue weighted by Crippen LogP contribution is 2.47. The lowest BCUT2D eigenvalue weighted by Crippen LogP contribution is -2.00. The van der Waals surface area contributed by atoms with Crippen LogP contribution in [0.5, 0.6) is 0 Å². The van der Waals surface area contributed by atoms with Crippen molar-refractivity contribution in [3.63, 3.8) is 0 Å². The van der Waals surface area contributed by atoms with Gasteiger partial charge in [-0.15, -0.1) is 22.7 Å². The van der Waals surface area contributed by atoms with Crippen LogP contribution < -0.4 is 0 Å². The molecule has 0 radical (unpaired) electrons. The molecule has 12 aromatic rings. The summed E-state index contributed by atoms with van der Waals surface area (Å²) < 4.78 is 7.46. The molecule has 0 amide bonds. The van der Waals surface area contributed by atoms with Gasteiger partial charge in [-0.05, 0) is 36.4 Å². The number of aromatic nitrogens is 4. The third kappa shape index (κ3) is 5.08. The molecule has 4 heterocycles. The van der Waals surface area contributed by atoms with E-state index in [-0.39, 0.29) is 0 Å². The van der Waals surface area contributed by atoms with E-state index in [0.717, 1.165) is 16.7 Å². The van der Waals surface area contributed by atoms with E-state index >= 15 is 0 Å². The maximum Gasteiger partial charge on any atom is 0.164 e. The molecule has 0 fully saturated rings. The maximum atomic E-state index is 5.12. The highest BCUT2D eigenvalue weighted by atomic mass is 32.1. The van der Waals surface area contributed by atoms with E-state index < -0.39 is 0 Å². The summed E-state index contributed by atoms with van der Waals surface area (Å²) in [5.41, 5.74) is 9.04. The number of hydrogen-bond acceptors (Lipinski definition) is 5. The fraction of sp³-hybridized carbons (Fsp3) is 0. The number of thiophene rings is 2. The molecule has 4 nitrogen and oxygen atoms in total. The molecular weight excluding hydrogens is 733 g/mol. The normalized spacial score (nSPS) is 11.9. The highest BCUT2D eigenvalue weighted by molar-refractivity contribution is 7.27. The number of hydrogen-bond donors (Lipinski definition) is 0. The summed E-state index contributed by atoms with van der Waals surface area (Å²) in [6.45, 7) is 0. The molecular formula is C51H30N4S2. The first-order chi connectivity index (χ1) is 28.3. The van der Waals surface area contributed by atoms with Crippen molar-refractivity contribution >= 4 is 84.8 Å². The van der Waals surface area contributed by atoms with Gasteiger partial charge < -0.3 is 4.57 Å². The molecule has 0 unspecified atom stereocenters. The van der Waals surface area contributed by atoms with Crippen LogP contribution in [-0.2, 0) is 0 Å². The summed E-state index contributed by atoms with van der Waals surface area (Å²) in [6, 6.07) is 64.8. The number of fused-ring (bicyclic) bond motifs is 9. The van der Waals surface area contributed by atoms with E-state index in [2.05, 4.69) is 150 Å². The monoisotopic (exact) mass is 762 g/mol. The second-order valence-electron chi connectivity index (χ2n) is 14.3. The molecule has 12 rings (SSSR count). The lowest BCUT2D eigenvalue weighted by molar-refractivity contribution is 1.08. The summed E-state index contributed by atoms with van der Waals surface area (Å²) in [4.78, 5) is 15.2. The van der Waals surface area contributed by atoms with Gasteiger partial charge in [0.2, 0.25) is 0 Å². The van der Waals surface area contributed by atoms with Gasteiger partial charge in [-0.25, -0.2) is 15.0 Å². The quantitative estimate of drug-likeness (QED) is 0.175. The molecule has 57 heavy (non-hydrogen) atoms. The second kappa shape index (κ2) is 12.8. The van der Waals surface area contributed by atoms with Crippen LogP contribution in [0.1, 0.15) is 0 Å². The van der Waals surface area contributed by atoms with Crippen LogP contribution in [0.2, 0.25) is 0 Å². The average Bonchev–Trinajstić information content (AvgIpc) is 3.96. The van der Waals surface area contributed by atoms with E-state index in [0.29, 0.717) is 17.5 Å². The van der Waals surface area contributed by atoms with Crippen LogP contribution in [0.25, 0.3) is 113 Å². The van der Waals surface area contributed by atoms with Crippen LogP contribution in [-0.4, -0.2) is 19.5 Å². The van der Waals surface area contributed by atoms with E-state index in [1.54, 1.807) is 0 Å². The van der Waals surface area contributed by atoms with Gasteiger partial charge in [0, 0.05) is 84.6 Å². The fourth-order valence-corrected chi connectivity index (χ4v) is 11.0. The van der Waals surface area contributed by atoms with Crippen molar-refractivity contribution in [2.75, 3.05) is 0 Å². The first-order valence-corrected chi connectivity index (χ1v) is 20.7. The minimum absolute atomic E-state index is 0.662. The van der Waals surface area contributed by atoms with Gasteiger partial charge in [0.1, 0.15) is 0 Å². The zero-order valence-electron chi connectivity index (χ0n) is 30.4. The summed E-state index contributed by atoms with van der Waals surface area (Å²) in [7, 11) is 0. The smallest absolute Gasteiger partial charge is 0.164 e. The predicted octanol–water partition coefficient (Wildman–Crippen LogP) is 14.4. The van der Waals surface area contributed by atoms with Gasteiger partial charge in [-0.3, -0.25) is 0 Å². The highest BCUT2D eigenvalue weighted by Gasteiger charge is 2.20. The van der Waals surface area contributed by atoms with Crippen molar-refractivity contribution in [3.05, 3.63) is 182 Å². The third-order valence-electron chi connectivity index (χ3n) is 11.1. The molecule has 0 aliphatic heterocycles. The molecule has 0 saturated heterocycles. The van der Waals surface area contributed by atoms with Crippen molar-refractivity contribution in [2.45, 2.75) is 0 Å². The molecule has 4 aromatic heterocycles. The Bertz CT molecular complexity index is 3410. The Balaban J connectivity index is 1.04. The van der Waals surface area contributed by atoms with Crippen LogP contribution >= 0.6 is 22.7 Å². The Morgan fingerprint density at radius 3 is 1.53 bits per heavy atom. The van der Waals surface area contributed by atoms with Gasteiger partial charge in [0.25, 0.3) is 0 Å². The lowest BCUT2D eigenvalue weighted by Gasteiger charge is -2.10. The van der Waals surface area contributed by atoms with Crippen molar-refractivity contribution in [2.24, 2.45) is 0 Å². The molecule has 8 aromatic carbocycles. The molecule has 266 valence electrons. The van der Waals surface area contributed by atoms with Gasteiger partial charge in [-0.2, -0.15) is 0 Å². The number of para-hydroxylation sites is 2. The molecule has 0 spiro atoms. The summed E-state index contributed by atoms with van der Waals surface area (Å²) >= 11 is 3.72. The standard InChI is InChI=1S/C51H30N4S2/c1-3-14-31(15-4-1)49-52-50(32-16-5-2-6-17-32)54-51(53-49)40-24-13-27-45-46(40)39-23-12-21-37(48(39)57-45)36-20-11-22-38-41-30-33(28-29-44(41)56-47(36)38)55-42-25-9-7-18-34(42)35-19-8-10-26-43(35)55/h1-30H. The van der Waals surface area contributed by atoms with Gasteiger partial charge in [0.15, 0.2) is 17.5 Å². The van der Waals surface area contributed by atoms with E-state index in [1.807, 2.05) is 59.1 Å². The Morgan fingerprint density at radius 1 is 0.351 bits per heavy atom. The number of benzene rings is 8. The average molecular weight is 763 g/mol. The second-order valence-corrected chi connectivity index (χ2v) is 16.4. The first-order valence-electron chi connectivity index (χ1n) is 19.0. The Labute approximate surface area is 335 Å². The van der Waals surface area contributed by atoms with Crippen LogP contribution in [0.4, 0.5) is 0 Å². The van der Waals surface area contributed by atoms with Crippen molar-refractivity contribution in [1.29, 1.82) is 0 Å². The van der Waals surface area contributed by atoms with Crippen LogP contribution in [0.15, 0.2) is 182 Å². The third-order valence-corrected chi connectivity index (χ3v) is 13.5. The van der Waals surface area contributed by atoms with E-state index in [1.165, 1.54) is 79.0 Å². The van der Waals surface area contributed by atoms with Crippen LogP contribution in [0.3, 0.4) is 0 Å². The largest absolute Gasteiger partial charge is 0.309 e. The first kappa shape index (κ1) is 32.3. The lowest BCUT2D eigenvalue weighted by atomic mass is 9.99. The van der Waals surface area contributed by atoms with Crippen molar-refractivity contribution in [1.82, 2.24) is 19.5 Å². The molecule has 6 heteroatoms. The summed E-state index contributed by atoms with van der Waals surface area (Å²) in [5.74, 6) is 1.99. The maximum absolute atomic E-state index is 5.12. The Morgan fingerprint density at radius 2 is 0.860 bits per heavy atom. The molecule has 0 N–H and O–H groups in total. The Kier molecular flexibility index (Phi) is 7.24. The zero-order valence-corrected chi connectivity index (χ0v) is 32.1. The molecule has 0 atom stereocenters. The predicted molar refractivity (Wildman–Crippen MR) is 242 cm³/mol. The van der Waals surface area contributed by atoms with Gasteiger partial charge >= 0.3 is 0 Å². The Hall–Kier alpha value is -6.99. The van der Waals surface area contributed by atoms with Crippen molar-refractivity contribution in [3.8, 4) is 51.0 Å². The summed E-state index contributed by atoms with van der Waals surface area (Å²) in [5, 5.41) is 7.48. The molecule has 0 saturated carbocycles. The number of rotatable bonds is 5. The zero-order chi connectivity index (χ0) is 37.5. The fourth-order valence-electron chi connectivity index (χ4n) is 8.51. The SMILES string of the molecule is c1ccc(-c2nc(-c3ccccc3)nc(-c3cccc4sc5c(-c6cccc7c6sc6ccc(-n8c9ccccc9c9ccccc98)cc67)cccc5c34)n2)cc1. The minimum atomic E-state index is 0.662. The molecule has 0 aliphatic carbocycles.